The quantitative estimate of drug-likeness (QED) is 0.521. The van der Waals surface area contributed by atoms with Crippen molar-refractivity contribution in [2.24, 2.45) is 17.8 Å². The maximum Gasteiger partial charge on any atom is 0.136 e. The Balaban J connectivity index is 1.97. The summed E-state index contributed by atoms with van der Waals surface area (Å²) in [4.78, 5) is 11.4. The molecule has 3 unspecified atom stereocenters. The molecule has 0 aromatic carbocycles. The van der Waals surface area contributed by atoms with Crippen LogP contribution in [-0.4, -0.2) is 5.78 Å². The molecule has 2 aliphatic rings. The van der Waals surface area contributed by atoms with Gasteiger partial charge < -0.3 is 0 Å². The highest BCUT2D eigenvalue weighted by Crippen LogP contribution is 2.45. The Morgan fingerprint density at radius 3 is 3.00 bits per heavy atom. The van der Waals surface area contributed by atoms with Crippen LogP contribution in [0.2, 0.25) is 0 Å². The van der Waals surface area contributed by atoms with Gasteiger partial charge in [-0.05, 0) is 24.7 Å². The minimum Gasteiger partial charge on any atom is -0.299 e. The fourth-order valence-corrected chi connectivity index (χ4v) is 2.29. The Morgan fingerprint density at radius 1 is 1.36 bits per heavy atom. The van der Waals surface area contributed by atoms with E-state index in [4.69, 9.17) is 0 Å². The van der Waals surface area contributed by atoms with E-state index in [0.29, 0.717) is 17.6 Å². The summed E-state index contributed by atoms with van der Waals surface area (Å²) < 4.78 is 0. The van der Waals surface area contributed by atoms with Crippen LogP contribution in [0.5, 0.6) is 0 Å². The van der Waals surface area contributed by atoms with Crippen molar-refractivity contribution in [1.82, 2.24) is 0 Å². The third-order valence-corrected chi connectivity index (χ3v) is 3.16. The highest BCUT2D eigenvalue weighted by molar-refractivity contribution is 5.84. The van der Waals surface area contributed by atoms with Gasteiger partial charge in [0.25, 0.3) is 0 Å². The number of fused-ring (bicyclic) bond motifs is 1. The lowest BCUT2D eigenvalue weighted by Gasteiger charge is -2.12. The van der Waals surface area contributed by atoms with E-state index >= 15 is 0 Å². The van der Waals surface area contributed by atoms with Crippen molar-refractivity contribution in [2.75, 3.05) is 0 Å². The largest absolute Gasteiger partial charge is 0.299 e. The zero-order chi connectivity index (χ0) is 7.84. The van der Waals surface area contributed by atoms with Gasteiger partial charge in [0.2, 0.25) is 0 Å². The van der Waals surface area contributed by atoms with E-state index in [-0.39, 0.29) is 0 Å². The van der Waals surface area contributed by atoms with Crippen molar-refractivity contribution >= 4 is 5.78 Å². The zero-order valence-corrected chi connectivity index (χ0v) is 7.18. The van der Waals surface area contributed by atoms with Gasteiger partial charge in [0, 0.05) is 12.3 Å². The second-order valence-electron chi connectivity index (χ2n) is 4.31. The highest BCUT2D eigenvalue weighted by Gasteiger charge is 2.42. The highest BCUT2D eigenvalue weighted by atomic mass is 16.1. The standard InChI is InChI=1S/C10H16O/c1-7-3-2-4-8-6-9(8)10(11)5-7/h7-9H,2-6H2,1H3. The minimum atomic E-state index is 0.498. The van der Waals surface area contributed by atoms with Crippen LogP contribution in [0.3, 0.4) is 0 Å². The number of hydrogen-bond donors (Lipinski definition) is 0. The molecule has 2 fully saturated rings. The third kappa shape index (κ3) is 1.47. The Hall–Kier alpha value is -0.330. The smallest absolute Gasteiger partial charge is 0.136 e. The molecule has 62 valence electrons. The first-order chi connectivity index (χ1) is 5.27. The number of hydrogen-bond acceptors (Lipinski definition) is 1. The molecule has 0 aromatic heterocycles. The summed E-state index contributed by atoms with van der Waals surface area (Å²) >= 11 is 0. The van der Waals surface area contributed by atoms with Crippen LogP contribution in [-0.2, 0) is 4.79 Å². The second-order valence-corrected chi connectivity index (χ2v) is 4.31. The lowest BCUT2D eigenvalue weighted by Crippen LogP contribution is -2.11. The molecule has 0 bridgehead atoms. The molecule has 0 aliphatic heterocycles. The van der Waals surface area contributed by atoms with Crippen LogP contribution in [0.1, 0.15) is 39.0 Å². The lowest BCUT2D eigenvalue weighted by molar-refractivity contribution is -0.121. The molecule has 2 aliphatic carbocycles. The van der Waals surface area contributed by atoms with Gasteiger partial charge in [-0.1, -0.05) is 19.8 Å². The Labute approximate surface area is 68.2 Å². The van der Waals surface area contributed by atoms with Crippen molar-refractivity contribution in [3.63, 3.8) is 0 Å². The number of Topliss-reactive ketones (excluding diaryl/α,β-unsaturated/α-hetero) is 1. The molecule has 0 N–H and O–H groups in total. The van der Waals surface area contributed by atoms with Gasteiger partial charge in [0.15, 0.2) is 0 Å². The molecule has 0 spiro atoms. The maximum atomic E-state index is 11.4. The predicted octanol–water partition coefficient (Wildman–Crippen LogP) is 2.40. The van der Waals surface area contributed by atoms with Crippen LogP contribution in [0.4, 0.5) is 0 Å². The molecule has 1 heteroatoms. The van der Waals surface area contributed by atoms with Crippen molar-refractivity contribution in [3.05, 3.63) is 0 Å². The number of carbonyl (C=O) groups excluding carboxylic acids is 1. The van der Waals surface area contributed by atoms with E-state index in [1.807, 2.05) is 0 Å². The van der Waals surface area contributed by atoms with Crippen LogP contribution in [0, 0.1) is 17.8 Å². The summed E-state index contributed by atoms with van der Waals surface area (Å²) in [6.07, 6.45) is 6.03. The summed E-state index contributed by atoms with van der Waals surface area (Å²) in [5, 5.41) is 0. The first kappa shape index (κ1) is 7.33. The van der Waals surface area contributed by atoms with Gasteiger partial charge in [0.1, 0.15) is 5.78 Å². The molecular weight excluding hydrogens is 136 g/mol. The summed E-state index contributed by atoms with van der Waals surface area (Å²) in [7, 11) is 0. The van der Waals surface area contributed by atoms with E-state index in [9.17, 15) is 4.79 Å². The maximum absolute atomic E-state index is 11.4. The molecular formula is C10H16O. The average molecular weight is 152 g/mol. The van der Waals surface area contributed by atoms with Crippen LogP contribution in [0.15, 0.2) is 0 Å². The molecule has 0 saturated heterocycles. The molecule has 2 saturated carbocycles. The monoisotopic (exact) mass is 152 g/mol. The molecule has 11 heavy (non-hydrogen) atoms. The van der Waals surface area contributed by atoms with Gasteiger partial charge in [-0.2, -0.15) is 0 Å². The van der Waals surface area contributed by atoms with Crippen molar-refractivity contribution < 1.29 is 4.79 Å². The molecule has 1 nitrogen and oxygen atoms in total. The Kier molecular flexibility index (Phi) is 1.74. The Morgan fingerprint density at radius 2 is 2.18 bits per heavy atom. The van der Waals surface area contributed by atoms with Crippen LogP contribution >= 0.6 is 0 Å². The number of ketones is 1. The average Bonchev–Trinajstić information content (AvgIpc) is 2.64. The van der Waals surface area contributed by atoms with E-state index in [1.165, 1.54) is 25.7 Å². The molecule has 0 heterocycles. The van der Waals surface area contributed by atoms with Gasteiger partial charge in [-0.25, -0.2) is 0 Å². The summed E-state index contributed by atoms with van der Waals surface area (Å²) in [6, 6.07) is 0. The van der Waals surface area contributed by atoms with Gasteiger partial charge >= 0.3 is 0 Å². The summed E-state index contributed by atoms with van der Waals surface area (Å²) in [5.41, 5.74) is 0. The number of carbonyl (C=O) groups is 1. The van der Waals surface area contributed by atoms with Gasteiger partial charge in [-0.3, -0.25) is 4.79 Å². The Bertz CT molecular complexity index is 174. The molecule has 2 rings (SSSR count). The molecule has 0 aromatic rings. The molecule has 3 atom stereocenters. The van der Waals surface area contributed by atoms with Gasteiger partial charge in [0.05, 0.1) is 0 Å². The van der Waals surface area contributed by atoms with Crippen LogP contribution in [0.25, 0.3) is 0 Å². The van der Waals surface area contributed by atoms with Crippen molar-refractivity contribution in [1.29, 1.82) is 0 Å². The predicted molar refractivity (Wildman–Crippen MR) is 44.2 cm³/mol. The summed E-state index contributed by atoms with van der Waals surface area (Å²) in [6.45, 7) is 2.21. The first-order valence-electron chi connectivity index (χ1n) is 4.80. The molecule has 0 radical (unpaired) electrons. The number of rotatable bonds is 0. The van der Waals surface area contributed by atoms with E-state index in [2.05, 4.69) is 6.92 Å². The minimum absolute atomic E-state index is 0.498. The van der Waals surface area contributed by atoms with Gasteiger partial charge in [-0.15, -0.1) is 0 Å². The van der Waals surface area contributed by atoms with Crippen molar-refractivity contribution in [2.45, 2.75) is 39.0 Å². The zero-order valence-electron chi connectivity index (χ0n) is 7.18. The second kappa shape index (κ2) is 2.62. The normalized spacial score (nSPS) is 44.1. The van der Waals surface area contributed by atoms with Crippen molar-refractivity contribution in [3.8, 4) is 0 Å². The van der Waals surface area contributed by atoms with Crippen LogP contribution < -0.4 is 0 Å². The molecule has 0 amide bonds. The lowest BCUT2D eigenvalue weighted by atomic mass is 9.92. The first-order valence-corrected chi connectivity index (χ1v) is 4.80. The fraction of sp³-hybridized carbons (Fsp3) is 0.900. The van der Waals surface area contributed by atoms with E-state index in [1.54, 1.807) is 0 Å². The van der Waals surface area contributed by atoms with E-state index in [0.717, 1.165) is 12.3 Å². The summed E-state index contributed by atoms with van der Waals surface area (Å²) in [5.74, 6) is 2.51. The fourth-order valence-electron chi connectivity index (χ4n) is 2.29. The SMILES string of the molecule is CC1CCCC2CC2C(=O)C1. The van der Waals surface area contributed by atoms with E-state index < -0.39 is 0 Å². The third-order valence-electron chi connectivity index (χ3n) is 3.16. The topological polar surface area (TPSA) is 17.1 Å².